The monoisotopic (exact) mass is 340 g/mol. The number of aliphatic carboxylic acids is 1. The number of aromatic nitrogens is 2. The van der Waals surface area contributed by atoms with Crippen molar-refractivity contribution in [3.63, 3.8) is 0 Å². The van der Waals surface area contributed by atoms with Gasteiger partial charge in [0, 0.05) is 31.4 Å². The van der Waals surface area contributed by atoms with E-state index in [1.807, 2.05) is 13.0 Å². The maximum atomic E-state index is 11.1. The van der Waals surface area contributed by atoms with E-state index in [0.29, 0.717) is 38.4 Å². The van der Waals surface area contributed by atoms with E-state index in [4.69, 9.17) is 5.11 Å². The van der Waals surface area contributed by atoms with E-state index in [1.54, 1.807) is 0 Å². The highest BCUT2D eigenvalue weighted by Gasteiger charge is 2.25. The van der Waals surface area contributed by atoms with Crippen LogP contribution in [0.3, 0.4) is 0 Å². The van der Waals surface area contributed by atoms with Crippen molar-refractivity contribution in [3.8, 4) is 0 Å². The fraction of sp³-hybridized carbons (Fsp3) is 0.421. The van der Waals surface area contributed by atoms with E-state index in [9.17, 15) is 4.79 Å². The number of carboxylic acid groups (broad SMARTS) is 1. The minimum Gasteiger partial charge on any atom is -0.481 e. The molecule has 0 amide bonds. The summed E-state index contributed by atoms with van der Waals surface area (Å²) >= 11 is 0. The molecule has 1 fully saturated rings. The fourth-order valence-electron chi connectivity index (χ4n) is 3.04. The predicted molar refractivity (Wildman–Crippen MR) is 97.8 cm³/mol. The van der Waals surface area contributed by atoms with Crippen molar-refractivity contribution in [1.82, 2.24) is 9.97 Å². The molecule has 1 aromatic heterocycles. The van der Waals surface area contributed by atoms with E-state index >= 15 is 0 Å². The third-order valence-corrected chi connectivity index (χ3v) is 4.58. The molecule has 25 heavy (non-hydrogen) atoms. The Morgan fingerprint density at radius 3 is 2.52 bits per heavy atom. The second kappa shape index (κ2) is 7.51. The molecule has 0 atom stereocenters. The zero-order chi connectivity index (χ0) is 17.8. The Morgan fingerprint density at radius 2 is 1.88 bits per heavy atom. The Morgan fingerprint density at radius 1 is 1.20 bits per heavy atom. The first-order valence-electron chi connectivity index (χ1n) is 8.64. The highest BCUT2D eigenvalue weighted by atomic mass is 16.4. The number of benzene rings is 1. The van der Waals surface area contributed by atoms with Gasteiger partial charge in [0.1, 0.15) is 5.82 Å². The number of nitrogens with one attached hydrogen (secondary N) is 1. The first-order valence-corrected chi connectivity index (χ1v) is 8.64. The van der Waals surface area contributed by atoms with Crippen LogP contribution in [0.2, 0.25) is 0 Å². The molecule has 0 bridgehead atoms. The van der Waals surface area contributed by atoms with E-state index in [2.05, 4.69) is 51.4 Å². The molecule has 2 aromatic rings. The van der Waals surface area contributed by atoms with Gasteiger partial charge in [0.05, 0.1) is 5.92 Å². The molecule has 2 N–H and O–H groups in total. The number of hydrogen-bond donors (Lipinski definition) is 2. The van der Waals surface area contributed by atoms with Crippen molar-refractivity contribution in [1.29, 1.82) is 0 Å². The van der Waals surface area contributed by atoms with Gasteiger partial charge < -0.3 is 15.3 Å². The minimum absolute atomic E-state index is 0.238. The fourth-order valence-corrected chi connectivity index (χ4v) is 3.04. The Labute approximate surface area is 147 Å². The average Bonchev–Trinajstić information content (AvgIpc) is 2.61. The van der Waals surface area contributed by atoms with Crippen LogP contribution in [0.1, 0.15) is 29.7 Å². The topological polar surface area (TPSA) is 78.4 Å². The van der Waals surface area contributed by atoms with E-state index in [1.165, 1.54) is 11.1 Å². The van der Waals surface area contributed by atoms with Crippen LogP contribution in [0.15, 0.2) is 30.3 Å². The van der Waals surface area contributed by atoms with Gasteiger partial charge in [-0.25, -0.2) is 4.98 Å². The lowest BCUT2D eigenvalue weighted by atomic mass is 9.97. The maximum Gasteiger partial charge on any atom is 0.306 e. The summed E-state index contributed by atoms with van der Waals surface area (Å²) in [6, 6.07) is 10.3. The van der Waals surface area contributed by atoms with Crippen molar-refractivity contribution in [2.24, 2.45) is 5.92 Å². The van der Waals surface area contributed by atoms with Gasteiger partial charge >= 0.3 is 5.97 Å². The van der Waals surface area contributed by atoms with Crippen LogP contribution in [0, 0.1) is 19.8 Å². The first-order chi connectivity index (χ1) is 12.0. The molecule has 6 nitrogen and oxygen atoms in total. The number of aryl methyl sites for hydroxylation is 2. The second-order valence-electron chi connectivity index (χ2n) is 6.63. The predicted octanol–water partition coefficient (Wildman–Crippen LogP) is 3.01. The highest BCUT2D eigenvalue weighted by molar-refractivity contribution is 5.70. The number of carbonyl (C=O) groups is 1. The number of nitrogens with zero attached hydrogens (tertiary/aromatic N) is 3. The molecule has 2 heterocycles. The van der Waals surface area contributed by atoms with Gasteiger partial charge in [-0.1, -0.05) is 29.8 Å². The maximum absolute atomic E-state index is 11.1. The van der Waals surface area contributed by atoms with Gasteiger partial charge in [0.2, 0.25) is 5.95 Å². The summed E-state index contributed by atoms with van der Waals surface area (Å²) in [6.45, 7) is 6.12. The summed E-state index contributed by atoms with van der Waals surface area (Å²) < 4.78 is 0. The molecular formula is C19H24N4O2. The number of rotatable bonds is 5. The Kier molecular flexibility index (Phi) is 5.16. The first kappa shape index (κ1) is 17.2. The molecule has 6 heteroatoms. The van der Waals surface area contributed by atoms with Gasteiger partial charge in [-0.05, 0) is 32.3 Å². The van der Waals surface area contributed by atoms with Gasteiger partial charge in [0.25, 0.3) is 0 Å². The van der Waals surface area contributed by atoms with Gasteiger partial charge in [-0.2, -0.15) is 4.98 Å². The normalized spacial score (nSPS) is 15.2. The molecule has 1 aromatic carbocycles. The van der Waals surface area contributed by atoms with Crippen LogP contribution >= 0.6 is 0 Å². The Balaban J connectivity index is 1.66. The zero-order valence-electron chi connectivity index (χ0n) is 14.7. The summed E-state index contributed by atoms with van der Waals surface area (Å²) in [7, 11) is 0. The lowest BCUT2D eigenvalue weighted by molar-refractivity contribution is -0.142. The highest BCUT2D eigenvalue weighted by Crippen LogP contribution is 2.23. The molecule has 0 radical (unpaired) electrons. The summed E-state index contributed by atoms with van der Waals surface area (Å²) in [5.74, 6) is 0.538. The van der Waals surface area contributed by atoms with Crippen molar-refractivity contribution in [2.45, 2.75) is 33.2 Å². The molecule has 1 saturated heterocycles. The number of anilines is 2. The van der Waals surface area contributed by atoms with Crippen LogP contribution in [-0.4, -0.2) is 34.1 Å². The molecule has 0 aliphatic carbocycles. The van der Waals surface area contributed by atoms with E-state index in [0.717, 1.165) is 11.5 Å². The number of hydrogen-bond acceptors (Lipinski definition) is 5. The van der Waals surface area contributed by atoms with E-state index in [-0.39, 0.29) is 5.92 Å². The van der Waals surface area contributed by atoms with Gasteiger partial charge in [-0.15, -0.1) is 0 Å². The largest absolute Gasteiger partial charge is 0.481 e. The van der Waals surface area contributed by atoms with Gasteiger partial charge in [0.15, 0.2) is 0 Å². The molecule has 0 saturated carbocycles. The van der Waals surface area contributed by atoms with Crippen molar-refractivity contribution < 1.29 is 9.90 Å². The van der Waals surface area contributed by atoms with Crippen molar-refractivity contribution >= 4 is 17.7 Å². The molecule has 0 unspecified atom stereocenters. The van der Waals surface area contributed by atoms with Crippen LogP contribution in [0.25, 0.3) is 0 Å². The molecule has 1 aliphatic heterocycles. The number of carboxylic acids is 1. The minimum atomic E-state index is -0.695. The summed E-state index contributed by atoms with van der Waals surface area (Å²) in [5, 5.41) is 12.4. The smallest absolute Gasteiger partial charge is 0.306 e. The molecular weight excluding hydrogens is 316 g/mol. The molecule has 1 aliphatic rings. The summed E-state index contributed by atoms with van der Waals surface area (Å²) in [6.07, 6.45) is 1.31. The summed E-state index contributed by atoms with van der Waals surface area (Å²) in [4.78, 5) is 22.3. The SMILES string of the molecule is Cc1ccc(CNc2nc(C)cc(N3CCC(C(=O)O)CC3)n2)cc1. The van der Waals surface area contributed by atoms with Crippen LogP contribution < -0.4 is 10.2 Å². The zero-order valence-corrected chi connectivity index (χ0v) is 14.7. The van der Waals surface area contributed by atoms with Crippen molar-refractivity contribution in [2.75, 3.05) is 23.3 Å². The molecule has 3 rings (SSSR count). The second-order valence-corrected chi connectivity index (χ2v) is 6.63. The third-order valence-electron chi connectivity index (χ3n) is 4.58. The van der Waals surface area contributed by atoms with E-state index < -0.39 is 5.97 Å². The van der Waals surface area contributed by atoms with Crippen LogP contribution in [0.4, 0.5) is 11.8 Å². The molecule has 0 spiro atoms. The average molecular weight is 340 g/mol. The molecule has 132 valence electrons. The third kappa shape index (κ3) is 4.47. The number of piperidine rings is 1. The van der Waals surface area contributed by atoms with Crippen LogP contribution in [-0.2, 0) is 11.3 Å². The lowest BCUT2D eigenvalue weighted by Gasteiger charge is -2.31. The van der Waals surface area contributed by atoms with Crippen molar-refractivity contribution in [3.05, 3.63) is 47.2 Å². The quantitative estimate of drug-likeness (QED) is 0.871. The Bertz CT molecular complexity index is 738. The Hall–Kier alpha value is -2.63. The van der Waals surface area contributed by atoms with Gasteiger partial charge in [-0.3, -0.25) is 4.79 Å². The summed E-state index contributed by atoms with van der Waals surface area (Å²) in [5.41, 5.74) is 3.32. The lowest BCUT2D eigenvalue weighted by Crippen LogP contribution is -2.37. The standard InChI is InChI=1S/C19H24N4O2/c1-13-3-5-15(6-4-13)12-20-19-21-14(2)11-17(22-19)23-9-7-16(8-10-23)18(24)25/h3-6,11,16H,7-10,12H2,1-2H3,(H,24,25)(H,20,21,22). The van der Waals surface area contributed by atoms with Crippen LogP contribution in [0.5, 0.6) is 0 Å².